The van der Waals surface area contributed by atoms with E-state index in [1.165, 1.54) is 11.8 Å². The lowest BCUT2D eigenvalue weighted by Gasteiger charge is -2.11. The third kappa shape index (κ3) is 2.96. The zero-order chi connectivity index (χ0) is 15.5. The fourth-order valence-electron chi connectivity index (χ4n) is 2.05. The Morgan fingerprint density at radius 1 is 1.36 bits per heavy atom. The smallest absolute Gasteiger partial charge is 0.266 e. The summed E-state index contributed by atoms with van der Waals surface area (Å²) in [5.74, 6) is 2.02. The van der Waals surface area contributed by atoms with E-state index in [-0.39, 0.29) is 5.91 Å². The first kappa shape index (κ1) is 14.6. The number of amidine groups is 1. The molecule has 0 bridgehead atoms. The molecule has 0 N–H and O–H groups in total. The second-order valence-corrected chi connectivity index (χ2v) is 5.70. The molecule has 1 saturated heterocycles. The Labute approximate surface area is 132 Å². The molecular formula is C16H15N3O2S. The molecule has 112 valence electrons. The van der Waals surface area contributed by atoms with E-state index < -0.39 is 0 Å². The summed E-state index contributed by atoms with van der Waals surface area (Å²) in [5, 5.41) is 0.640. The third-order valence-corrected chi connectivity index (χ3v) is 4.10. The average molecular weight is 313 g/mol. The van der Waals surface area contributed by atoms with Crippen LogP contribution in [-0.2, 0) is 4.79 Å². The molecule has 3 heterocycles. The summed E-state index contributed by atoms with van der Waals surface area (Å²) < 4.78 is 5.50. The highest BCUT2D eigenvalue weighted by atomic mass is 32.2. The highest BCUT2D eigenvalue weighted by molar-refractivity contribution is 8.18. The monoisotopic (exact) mass is 313 g/mol. The van der Waals surface area contributed by atoms with E-state index >= 15 is 0 Å². The summed E-state index contributed by atoms with van der Waals surface area (Å²) in [6, 6.07) is 9.23. The molecule has 0 spiro atoms. The van der Waals surface area contributed by atoms with Gasteiger partial charge in [-0.15, -0.1) is 0 Å². The average Bonchev–Trinajstić information content (AvgIpc) is 3.05. The SMILES string of the molecule is CCN1C(=O)/C(=C\c2ccc(C)o2)S/C1=N/c1ccccn1. The maximum absolute atomic E-state index is 12.4. The molecule has 1 aliphatic heterocycles. The quantitative estimate of drug-likeness (QED) is 0.812. The Hall–Kier alpha value is -2.34. The van der Waals surface area contributed by atoms with Gasteiger partial charge in [-0.05, 0) is 49.9 Å². The van der Waals surface area contributed by atoms with Gasteiger partial charge in [0.15, 0.2) is 11.0 Å². The summed E-state index contributed by atoms with van der Waals surface area (Å²) in [6.45, 7) is 4.36. The molecule has 6 heteroatoms. The molecule has 2 aromatic heterocycles. The lowest BCUT2D eigenvalue weighted by molar-refractivity contribution is -0.122. The maximum Gasteiger partial charge on any atom is 0.266 e. The van der Waals surface area contributed by atoms with E-state index in [9.17, 15) is 4.79 Å². The number of thioether (sulfide) groups is 1. The normalized spacial score (nSPS) is 18.6. The van der Waals surface area contributed by atoms with Gasteiger partial charge in [-0.3, -0.25) is 9.69 Å². The summed E-state index contributed by atoms with van der Waals surface area (Å²) in [4.78, 5) is 23.3. The third-order valence-electron chi connectivity index (χ3n) is 3.10. The number of furan rings is 1. The molecule has 0 saturated carbocycles. The summed E-state index contributed by atoms with van der Waals surface area (Å²) >= 11 is 1.34. The second kappa shape index (κ2) is 6.19. The number of likely N-dealkylation sites (N-methyl/N-ethyl adjacent to an activating group) is 1. The van der Waals surface area contributed by atoms with Gasteiger partial charge in [0.2, 0.25) is 0 Å². The van der Waals surface area contributed by atoms with Crippen LogP contribution >= 0.6 is 11.8 Å². The van der Waals surface area contributed by atoms with E-state index in [0.29, 0.717) is 28.2 Å². The van der Waals surface area contributed by atoms with Crippen molar-refractivity contribution < 1.29 is 9.21 Å². The molecule has 22 heavy (non-hydrogen) atoms. The number of hydrogen-bond acceptors (Lipinski definition) is 5. The number of pyridine rings is 1. The molecule has 0 unspecified atom stereocenters. The fraction of sp³-hybridized carbons (Fsp3) is 0.188. The van der Waals surface area contributed by atoms with Crippen LogP contribution in [0.2, 0.25) is 0 Å². The highest BCUT2D eigenvalue weighted by Gasteiger charge is 2.32. The van der Waals surface area contributed by atoms with Crippen molar-refractivity contribution in [3.8, 4) is 0 Å². The number of rotatable bonds is 3. The predicted octanol–water partition coefficient (Wildman–Crippen LogP) is 3.61. The maximum atomic E-state index is 12.4. The van der Waals surface area contributed by atoms with Crippen molar-refractivity contribution in [2.45, 2.75) is 13.8 Å². The molecule has 0 atom stereocenters. The molecule has 1 amide bonds. The van der Waals surface area contributed by atoms with E-state index in [1.807, 2.05) is 44.2 Å². The van der Waals surface area contributed by atoms with Crippen LogP contribution in [-0.4, -0.2) is 27.5 Å². The van der Waals surface area contributed by atoms with E-state index in [0.717, 1.165) is 5.76 Å². The summed E-state index contributed by atoms with van der Waals surface area (Å²) in [6.07, 6.45) is 3.43. The van der Waals surface area contributed by atoms with Gasteiger partial charge in [-0.2, -0.15) is 0 Å². The van der Waals surface area contributed by atoms with Gasteiger partial charge in [-0.25, -0.2) is 9.98 Å². The van der Waals surface area contributed by atoms with Crippen LogP contribution in [0.25, 0.3) is 6.08 Å². The van der Waals surface area contributed by atoms with Gasteiger partial charge in [0, 0.05) is 18.8 Å². The second-order valence-electron chi connectivity index (χ2n) is 4.69. The zero-order valence-corrected chi connectivity index (χ0v) is 13.1. The molecule has 3 rings (SSSR count). The predicted molar refractivity (Wildman–Crippen MR) is 87.7 cm³/mol. The number of aliphatic imine (C=N–C) groups is 1. The molecule has 2 aromatic rings. The van der Waals surface area contributed by atoms with Crippen molar-refractivity contribution in [3.05, 3.63) is 53.0 Å². The van der Waals surface area contributed by atoms with Crippen LogP contribution in [0.4, 0.5) is 5.82 Å². The van der Waals surface area contributed by atoms with Crippen molar-refractivity contribution in [1.82, 2.24) is 9.88 Å². The molecule has 0 radical (unpaired) electrons. The lowest BCUT2D eigenvalue weighted by Crippen LogP contribution is -2.28. The van der Waals surface area contributed by atoms with Crippen molar-refractivity contribution in [3.63, 3.8) is 0 Å². The van der Waals surface area contributed by atoms with Gasteiger partial charge >= 0.3 is 0 Å². The van der Waals surface area contributed by atoms with Crippen LogP contribution < -0.4 is 0 Å². The molecule has 0 aromatic carbocycles. The number of nitrogens with zero attached hydrogens (tertiary/aromatic N) is 3. The van der Waals surface area contributed by atoms with E-state index in [2.05, 4.69) is 9.98 Å². The minimum atomic E-state index is -0.0590. The van der Waals surface area contributed by atoms with Crippen molar-refractivity contribution in [2.24, 2.45) is 4.99 Å². The number of hydrogen-bond donors (Lipinski definition) is 0. The minimum Gasteiger partial charge on any atom is -0.462 e. The topological polar surface area (TPSA) is 58.7 Å². The largest absolute Gasteiger partial charge is 0.462 e. The van der Waals surface area contributed by atoms with Gasteiger partial charge in [0.05, 0.1) is 4.91 Å². The number of aryl methyl sites for hydroxylation is 1. The van der Waals surface area contributed by atoms with E-state index in [4.69, 9.17) is 4.42 Å². The summed E-state index contributed by atoms with van der Waals surface area (Å²) in [5.41, 5.74) is 0. The molecule has 1 aliphatic rings. The molecular weight excluding hydrogens is 298 g/mol. The van der Waals surface area contributed by atoms with Crippen molar-refractivity contribution in [1.29, 1.82) is 0 Å². The lowest BCUT2D eigenvalue weighted by atomic mass is 10.3. The van der Waals surface area contributed by atoms with E-state index in [1.54, 1.807) is 17.2 Å². The van der Waals surface area contributed by atoms with Gasteiger partial charge < -0.3 is 4.42 Å². The molecule has 1 fully saturated rings. The van der Waals surface area contributed by atoms with Crippen LogP contribution in [0.5, 0.6) is 0 Å². The first-order valence-electron chi connectivity index (χ1n) is 6.95. The van der Waals surface area contributed by atoms with Gasteiger partial charge in [0.1, 0.15) is 11.5 Å². The highest BCUT2D eigenvalue weighted by Crippen LogP contribution is 2.33. The molecule has 5 nitrogen and oxygen atoms in total. The van der Waals surface area contributed by atoms with Crippen molar-refractivity contribution in [2.75, 3.05) is 6.54 Å². The van der Waals surface area contributed by atoms with Crippen molar-refractivity contribution >= 4 is 34.7 Å². The van der Waals surface area contributed by atoms with Crippen LogP contribution in [0.3, 0.4) is 0 Å². The Morgan fingerprint density at radius 3 is 2.86 bits per heavy atom. The number of carbonyl (C=O) groups excluding carboxylic acids is 1. The van der Waals surface area contributed by atoms with Gasteiger partial charge in [-0.1, -0.05) is 6.07 Å². The zero-order valence-electron chi connectivity index (χ0n) is 12.3. The number of aromatic nitrogens is 1. The Kier molecular flexibility index (Phi) is 4.11. The van der Waals surface area contributed by atoms with Gasteiger partial charge in [0.25, 0.3) is 5.91 Å². The number of carbonyl (C=O) groups is 1. The van der Waals surface area contributed by atoms with Crippen LogP contribution in [0.15, 0.2) is 50.8 Å². The Balaban J connectivity index is 1.92. The standard InChI is InChI=1S/C16H15N3O2S/c1-3-19-15(20)13(10-12-8-7-11(2)21-12)22-16(19)18-14-6-4-5-9-17-14/h4-10H,3H2,1-2H3/b13-10+,18-16+. The fourth-order valence-corrected chi connectivity index (χ4v) is 3.08. The first-order valence-corrected chi connectivity index (χ1v) is 7.76. The minimum absolute atomic E-state index is 0.0590. The van der Waals surface area contributed by atoms with Crippen LogP contribution in [0.1, 0.15) is 18.4 Å². The Morgan fingerprint density at radius 2 is 2.23 bits per heavy atom. The summed E-state index contributed by atoms with van der Waals surface area (Å²) in [7, 11) is 0. The Bertz CT molecular complexity index is 750. The van der Waals surface area contributed by atoms with Crippen LogP contribution in [0, 0.1) is 6.92 Å². The number of amides is 1. The first-order chi connectivity index (χ1) is 10.7. The molecule has 0 aliphatic carbocycles.